The fourth-order valence-corrected chi connectivity index (χ4v) is 4.05. The molecule has 0 heterocycles. The zero-order valence-corrected chi connectivity index (χ0v) is 12.8. The zero-order valence-electron chi connectivity index (χ0n) is 9.52. The maximum atomic E-state index is 6.07. The number of halogens is 3. The molecule has 0 spiro atoms. The minimum Gasteiger partial charge on any atom is -0.121 e. The van der Waals surface area contributed by atoms with E-state index in [2.05, 4.69) is 12.2 Å². The van der Waals surface area contributed by atoms with Gasteiger partial charge in [-0.25, -0.2) is 0 Å². The van der Waals surface area contributed by atoms with Crippen molar-refractivity contribution in [1.82, 2.24) is 0 Å². The van der Waals surface area contributed by atoms with Crippen LogP contribution in [0.1, 0.15) is 51.4 Å². The first-order valence-electron chi connectivity index (χ1n) is 6.03. The second-order valence-electron chi connectivity index (χ2n) is 4.28. The van der Waals surface area contributed by atoms with Crippen LogP contribution < -0.4 is 0 Å². The third kappa shape index (κ3) is 6.34. The molecule has 1 rings (SSSR count). The van der Waals surface area contributed by atoms with Crippen molar-refractivity contribution in [2.75, 3.05) is 0 Å². The average Bonchev–Trinajstić information content (AvgIpc) is 2.16. The fourth-order valence-electron chi connectivity index (χ4n) is 1.88. The Morgan fingerprint density at radius 1 is 0.875 bits per heavy atom. The van der Waals surface area contributed by atoms with Crippen molar-refractivity contribution in [3.63, 3.8) is 0 Å². The Balaban J connectivity index is 2.61. The minimum atomic E-state index is -2.65. The Labute approximate surface area is 114 Å². The summed E-state index contributed by atoms with van der Waals surface area (Å²) in [6, 6.07) is -2.65. The van der Waals surface area contributed by atoms with Gasteiger partial charge in [0.05, 0.1) is 0 Å². The number of rotatable bonds is 1. The second-order valence-corrected chi connectivity index (χ2v) is 12.8. The Hall–Kier alpha value is 0.567. The van der Waals surface area contributed by atoms with Crippen LogP contribution >= 0.6 is 33.2 Å². The van der Waals surface area contributed by atoms with Crippen molar-refractivity contribution in [3.8, 4) is 0 Å². The third-order valence-corrected chi connectivity index (χ3v) is 6.19. The SMILES string of the molecule is Cl[Si](Cl)(Cl)/C1=C/C=C\CCCCCCCC1. The summed E-state index contributed by atoms with van der Waals surface area (Å²) in [6.45, 7) is 0. The molecule has 16 heavy (non-hydrogen) atoms. The van der Waals surface area contributed by atoms with Crippen molar-refractivity contribution in [2.24, 2.45) is 0 Å². The summed E-state index contributed by atoms with van der Waals surface area (Å²) in [5.74, 6) is 0. The van der Waals surface area contributed by atoms with E-state index in [0.29, 0.717) is 0 Å². The van der Waals surface area contributed by atoms with E-state index in [1.165, 1.54) is 32.1 Å². The minimum absolute atomic E-state index is 0.951. The van der Waals surface area contributed by atoms with Gasteiger partial charge in [-0.2, -0.15) is 0 Å². The second kappa shape index (κ2) is 7.81. The smallest absolute Gasteiger partial charge is 0.121 e. The van der Waals surface area contributed by atoms with E-state index in [9.17, 15) is 0 Å². The van der Waals surface area contributed by atoms with Crippen molar-refractivity contribution < 1.29 is 0 Å². The summed E-state index contributed by atoms with van der Waals surface area (Å²) in [5.41, 5.74) is 0. The lowest BCUT2D eigenvalue weighted by molar-refractivity contribution is 0.598. The van der Waals surface area contributed by atoms with Crippen LogP contribution in [0.4, 0.5) is 0 Å². The monoisotopic (exact) mass is 296 g/mol. The predicted molar refractivity (Wildman–Crippen MR) is 77.5 cm³/mol. The molecule has 0 aromatic rings. The standard InChI is InChI=1S/C12H19Cl3Si/c13-16(14,15)12-10-8-6-4-2-1-3-5-7-9-11-12/h6,8,10H,1-5,7,9,11H2/b8-6-,12-10+. The highest BCUT2D eigenvalue weighted by Gasteiger charge is 2.29. The molecule has 0 nitrogen and oxygen atoms in total. The largest absolute Gasteiger partial charge is 0.368 e. The summed E-state index contributed by atoms with van der Waals surface area (Å²) in [7, 11) is 0. The fraction of sp³-hybridized carbons (Fsp3) is 0.667. The first-order chi connectivity index (χ1) is 7.61. The van der Waals surface area contributed by atoms with Crippen LogP contribution in [-0.4, -0.2) is 6.00 Å². The molecule has 0 atom stereocenters. The van der Waals surface area contributed by atoms with E-state index < -0.39 is 6.00 Å². The van der Waals surface area contributed by atoms with Gasteiger partial charge in [0, 0.05) is 0 Å². The molecule has 0 saturated carbocycles. The molecule has 0 saturated heterocycles. The average molecular weight is 298 g/mol. The lowest BCUT2D eigenvalue weighted by atomic mass is 10.1. The third-order valence-electron chi connectivity index (χ3n) is 2.86. The molecule has 0 aromatic carbocycles. The van der Waals surface area contributed by atoms with E-state index in [4.69, 9.17) is 33.2 Å². The van der Waals surface area contributed by atoms with Gasteiger partial charge in [0.15, 0.2) is 0 Å². The van der Waals surface area contributed by atoms with Crippen LogP contribution in [0.5, 0.6) is 0 Å². The molecular formula is C12H19Cl3Si. The molecule has 1 aliphatic rings. The van der Waals surface area contributed by atoms with Gasteiger partial charge in [-0.05, 0) is 30.9 Å². The molecule has 0 amide bonds. The molecule has 0 bridgehead atoms. The van der Waals surface area contributed by atoms with Gasteiger partial charge in [0.1, 0.15) is 0 Å². The number of hydrogen-bond donors (Lipinski definition) is 0. The van der Waals surface area contributed by atoms with Crippen molar-refractivity contribution in [2.45, 2.75) is 51.4 Å². The van der Waals surface area contributed by atoms with Gasteiger partial charge >= 0.3 is 6.00 Å². The Bertz CT molecular complexity index is 253. The molecule has 0 aliphatic heterocycles. The van der Waals surface area contributed by atoms with E-state index in [1.807, 2.05) is 6.08 Å². The van der Waals surface area contributed by atoms with Gasteiger partial charge in [0.25, 0.3) is 0 Å². The molecule has 0 N–H and O–H groups in total. The maximum Gasteiger partial charge on any atom is 0.368 e. The number of allylic oxidation sites excluding steroid dienone is 4. The molecular weight excluding hydrogens is 279 g/mol. The van der Waals surface area contributed by atoms with Crippen LogP contribution in [0.3, 0.4) is 0 Å². The molecule has 0 fully saturated rings. The molecule has 0 radical (unpaired) electrons. The lowest BCUT2D eigenvalue weighted by Crippen LogP contribution is -2.14. The zero-order chi connectivity index (χ0) is 11.9. The van der Waals surface area contributed by atoms with Crippen LogP contribution in [0.15, 0.2) is 23.4 Å². The Morgan fingerprint density at radius 2 is 1.50 bits per heavy atom. The summed E-state index contributed by atoms with van der Waals surface area (Å²) in [4.78, 5) is 0. The van der Waals surface area contributed by atoms with Crippen LogP contribution in [0.25, 0.3) is 0 Å². The predicted octanol–water partition coefficient (Wildman–Crippen LogP) is 5.80. The summed E-state index contributed by atoms with van der Waals surface area (Å²) >= 11 is 18.2. The number of hydrogen-bond acceptors (Lipinski definition) is 0. The quantitative estimate of drug-likeness (QED) is 0.424. The van der Waals surface area contributed by atoms with Crippen LogP contribution in [0.2, 0.25) is 0 Å². The topological polar surface area (TPSA) is 0 Å². The van der Waals surface area contributed by atoms with Gasteiger partial charge in [0.2, 0.25) is 0 Å². The highest BCUT2D eigenvalue weighted by molar-refractivity contribution is 7.67. The molecule has 92 valence electrons. The highest BCUT2D eigenvalue weighted by atomic mass is 35.8. The van der Waals surface area contributed by atoms with Gasteiger partial charge in [-0.1, -0.05) is 43.9 Å². The van der Waals surface area contributed by atoms with Crippen molar-refractivity contribution in [3.05, 3.63) is 23.4 Å². The lowest BCUT2D eigenvalue weighted by Gasteiger charge is -2.13. The van der Waals surface area contributed by atoms with Crippen LogP contribution in [-0.2, 0) is 0 Å². The van der Waals surface area contributed by atoms with E-state index in [0.717, 1.165) is 24.5 Å². The van der Waals surface area contributed by atoms with E-state index in [-0.39, 0.29) is 0 Å². The van der Waals surface area contributed by atoms with Gasteiger partial charge in [-0.3, -0.25) is 0 Å². The first kappa shape index (κ1) is 14.6. The first-order valence-corrected chi connectivity index (χ1v) is 11.1. The highest BCUT2D eigenvalue weighted by Crippen LogP contribution is 2.32. The van der Waals surface area contributed by atoms with Crippen molar-refractivity contribution in [1.29, 1.82) is 0 Å². The van der Waals surface area contributed by atoms with E-state index >= 15 is 0 Å². The van der Waals surface area contributed by atoms with Gasteiger partial charge in [-0.15, -0.1) is 33.2 Å². The Kier molecular flexibility index (Phi) is 7.14. The molecule has 0 aromatic heterocycles. The summed E-state index contributed by atoms with van der Waals surface area (Å²) < 4.78 is 0. The van der Waals surface area contributed by atoms with E-state index in [1.54, 1.807) is 0 Å². The van der Waals surface area contributed by atoms with Crippen molar-refractivity contribution >= 4 is 39.2 Å². The molecule has 0 unspecified atom stereocenters. The summed E-state index contributed by atoms with van der Waals surface area (Å²) in [6.07, 6.45) is 16.1. The van der Waals surface area contributed by atoms with Gasteiger partial charge < -0.3 is 0 Å². The Morgan fingerprint density at radius 3 is 2.19 bits per heavy atom. The molecule has 1 aliphatic carbocycles. The normalized spacial score (nSPS) is 26.1. The molecule has 4 heteroatoms. The maximum absolute atomic E-state index is 6.07. The summed E-state index contributed by atoms with van der Waals surface area (Å²) in [5, 5.41) is 1.05. The van der Waals surface area contributed by atoms with Crippen LogP contribution in [0, 0.1) is 0 Å².